The maximum Gasteiger partial charge on any atom is 0.242 e. The molecule has 1 heterocycles. The first-order valence-corrected chi connectivity index (χ1v) is 9.47. The molecule has 1 N–H and O–H groups in total. The van der Waals surface area contributed by atoms with Crippen LogP contribution in [0, 0.1) is 5.41 Å². The summed E-state index contributed by atoms with van der Waals surface area (Å²) in [5, 5.41) is 9.03. The first kappa shape index (κ1) is 20.9. The number of benzene rings is 1. The van der Waals surface area contributed by atoms with Crippen molar-refractivity contribution in [2.45, 2.75) is 12.8 Å². The fraction of sp³-hybridized carbons (Fsp3) is 0.500. The minimum Gasteiger partial charge on any atom is -0.497 e. The number of amidine groups is 1. The van der Waals surface area contributed by atoms with Gasteiger partial charge in [-0.3, -0.25) is 10.2 Å². The number of carbonyl (C=O) groups is 1. The highest BCUT2D eigenvalue weighted by molar-refractivity contribution is 8.13. The van der Waals surface area contributed by atoms with Gasteiger partial charge in [-0.1, -0.05) is 35.0 Å². The molecule has 0 atom stereocenters. The zero-order valence-electron chi connectivity index (χ0n) is 14.1. The van der Waals surface area contributed by atoms with Gasteiger partial charge in [0, 0.05) is 26.2 Å². The van der Waals surface area contributed by atoms with Gasteiger partial charge in [-0.2, -0.15) is 0 Å². The quantitative estimate of drug-likeness (QED) is 0.627. The number of nitrogens with one attached hydrogen (secondary N) is 1. The van der Waals surface area contributed by atoms with Crippen LogP contribution in [0.4, 0.5) is 0 Å². The molecule has 0 radical (unpaired) electrons. The van der Waals surface area contributed by atoms with Gasteiger partial charge in [0.25, 0.3) is 0 Å². The Kier molecular flexibility index (Phi) is 9.33. The minimum atomic E-state index is 0.142. The molecule has 1 aliphatic rings. The standard InChI is InChI=1S/C9H17N3OS.C7H6Cl2O/c1-11(9(10)14-2)7-8(13)12-5-3-4-6-12;1-10-5-2-3-6(8)7(9)4-5/h10H,3-7H2,1-2H3;2-4H,1H3. The van der Waals surface area contributed by atoms with E-state index in [9.17, 15) is 4.79 Å². The molecule has 0 unspecified atom stereocenters. The third kappa shape index (κ3) is 6.79. The van der Waals surface area contributed by atoms with Crippen molar-refractivity contribution >= 4 is 46.0 Å². The van der Waals surface area contributed by atoms with E-state index in [1.807, 2.05) is 11.2 Å². The molecule has 1 aliphatic heterocycles. The smallest absolute Gasteiger partial charge is 0.242 e. The van der Waals surface area contributed by atoms with E-state index >= 15 is 0 Å². The molecule has 0 aliphatic carbocycles. The number of methoxy groups -OCH3 is 1. The van der Waals surface area contributed by atoms with Crippen LogP contribution in [0.3, 0.4) is 0 Å². The molecule has 8 heteroatoms. The van der Waals surface area contributed by atoms with Crippen molar-refractivity contribution in [2.24, 2.45) is 0 Å². The van der Waals surface area contributed by atoms with E-state index in [-0.39, 0.29) is 5.91 Å². The molecule has 2 rings (SSSR count). The Morgan fingerprint density at radius 3 is 2.46 bits per heavy atom. The Balaban J connectivity index is 0.000000254. The van der Waals surface area contributed by atoms with Gasteiger partial charge in [0.1, 0.15) is 5.75 Å². The molecule has 1 amide bonds. The zero-order valence-corrected chi connectivity index (χ0v) is 16.5. The molecule has 0 bridgehead atoms. The summed E-state index contributed by atoms with van der Waals surface area (Å²) in [6, 6.07) is 5.13. The summed E-state index contributed by atoms with van der Waals surface area (Å²) in [5.41, 5.74) is 0. The lowest BCUT2D eigenvalue weighted by Gasteiger charge is -2.21. The number of likely N-dealkylation sites (N-methyl/N-ethyl adjacent to an activating group) is 1. The van der Waals surface area contributed by atoms with Crippen LogP contribution in [0.1, 0.15) is 12.8 Å². The predicted octanol–water partition coefficient (Wildman–Crippen LogP) is 3.84. The number of thioether (sulfide) groups is 1. The van der Waals surface area contributed by atoms with Gasteiger partial charge in [0.15, 0.2) is 5.17 Å². The molecule has 0 spiro atoms. The van der Waals surface area contributed by atoms with Gasteiger partial charge in [-0.25, -0.2) is 0 Å². The van der Waals surface area contributed by atoms with Crippen LogP contribution in [0.15, 0.2) is 18.2 Å². The SMILES string of the molecule is COc1ccc(Cl)c(Cl)c1.CSC(=N)N(C)CC(=O)N1CCCC1. The fourth-order valence-electron chi connectivity index (χ4n) is 2.10. The van der Waals surface area contributed by atoms with Crippen molar-refractivity contribution in [2.75, 3.05) is 40.0 Å². The number of nitrogens with zero attached hydrogens (tertiary/aromatic N) is 2. The number of amides is 1. The molecule has 1 aromatic carbocycles. The van der Waals surface area contributed by atoms with Crippen LogP contribution in [0.25, 0.3) is 0 Å². The molecule has 5 nitrogen and oxygen atoms in total. The molecule has 24 heavy (non-hydrogen) atoms. The van der Waals surface area contributed by atoms with Crippen molar-refractivity contribution in [1.29, 1.82) is 5.41 Å². The average Bonchev–Trinajstić information content (AvgIpc) is 3.11. The summed E-state index contributed by atoms with van der Waals surface area (Å²) < 4.78 is 4.91. The van der Waals surface area contributed by atoms with Gasteiger partial charge in [-0.15, -0.1) is 0 Å². The molecule has 1 fully saturated rings. The summed E-state index contributed by atoms with van der Waals surface area (Å²) in [7, 11) is 3.37. The second-order valence-corrected chi connectivity index (χ2v) is 6.84. The van der Waals surface area contributed by atoms with Crippen LogP contribution in [-0.2, 0) is 4.79 Å². The van der Waals surface area contributed by atoms with E-state index in [2.05, 4.69) is 0 Å². The number of rotatable bonds is 3. The van der Waals surface area contributed by atoms with Crippen LogP contribution in [-0.4, -0.2) is 60.9 Å². The van der Waals surface area contributed by atoms with Gasteiger partial charge in [-0.05, 0) is 31.2 Å². The second kappa shape index (κ2) is 10.7. The largest absolute Gasteiger partial charge is 0.497 e. The van der Waals surface area contributed by atoms with E-state index in [0.717, 1.165) is 31.7 Å². The molecular weight excluding hydrogens is 369 g/mol. The summed E-state index contributed by atoms with van der Waals surface area (Å²) >= 11 is 12.7. The second-order valence-electron chi connectivity index (χ2n) is 5.23. The summed E-state index contributed by atoms with van der Waals surface area (Å²) in [4.78, 5) is 15.2. The fourth-order valence-corrected chi connectivity index (χ4v) is 2.77. The van der Waals surface area contributed by atoms with Crippen LogP contribution in [0.5, 0.6) is 5.75 Å². The maximum absolute atomic E-state index is 11.7. The Hall–Kier alpha value is -1.11. The first-order valence-electron chi connectivity index (χ1n) is 7.49. The highest BCUT2D eigenvalue weighted by atomic mass is 35.5. The molecule has 1 saturated heterocycles. The monoisotopic (exact) mass is 391 g/mol. The maximum atomic E-state index is 11.7. The number of halogens is 2. The molecule has 134 valence electrons. The first-order chi connectivity index (χ1) is 11.4. The highest BCUT2D eigenvalue weighted by Crippen LogP contribution is 2.25. The zero-order chi connectivity index (χ0) is 18.1. The van der Waals surface area contributed by atoms with Crippen molar-refractivity contribution in [1.82, 2.24) is 9.80 Å². The van der Waals surface area contributed by atoms with Crippen LogP contribution in [0.2, 0.25) is 10.0 Å². The lowest BCUT2D eigenvalue weighted by molar-refractivity contribution is -0.130. The topological polar surface area (TPSA) is 56.6 Å². The number of hydrogen-bond acceptors (Lipinski definition) is 4. The third-order valence-corrected chi connectivity index (χ3v) is 4.94. The van der Waals surface area contributed by atoms with Crippen molar-refractivity contribution in [3.63, 3.8) is 0 Å². The van der Waals surface area contributed by atoms with Gasteiger partial charge < -0.3 is 14.5 Å². The van der Waals surface area contributed by atoms with Crippen LogP contribution < -0.4 is 4.74 Å². The Labute approximate surface area is 157 Å². The van der Waals surface area contributed by atoms with Gasteiger partial charge in [0.2, 0.25) is 5.91 Å². The van der Waals surface area contributed by atoms with Gasteiger partial charge >= 0.3 is 0 Å². The minimum absolute atomic E-state index is 0.142. The number of ether oxygens (including phenoxy) is 1. The average molecular weight is 392 g/mol. The van der Waals surface area contributed by atoms with Gasteiger partial charge in [0.05, 0.1) is 23.7 Å². The molecule has 0 aromatic heterocycles. The summed E-state index contributed by atoms with van der Waals surface area (Å²) in [5.74, 6) is 0.859. The van der Waals surface area contributed by atoms with Crippen molar-refractivity contribution < 1.29 is 9.53 Å². The van der Waals surface area contributed by atoms with E-state index in [1.165, 1.54) is 11.8 Å². The van der Waals surface area contributed by atoms with E-state index < -0.39 is 0 Å². The Morgan fingerprint density at radius 1 is 1.33 bits per heavy atom. The Bertz CT molecular complexity index is 566. The molecule has 1 aromatic rings. The summed E-state index contributed by atoms with van der Waals surface area (Å²) in [6.07, 6.45) is 4.09. The van der Waals surface area contributed by atoms with Crippen molar-refractivity contribution in [3.05, 3.63) is 28.2 Å². The van der Waals surface area contributed by atoms with Crippen molar-refractivity contribution in [3.8, 4) is 5.75 Å². The van der Waals surface area contributed by atoms with E-state index in [0.29, 0.717) is 21.8 Å². The van der Waals surface area contributed by atoms with E-state index in [1.54, 1.807) is 37.3 Å². The number of likely N-dealkylation sites (tertiary alicyclic amines) is 1. The lowest BCUT2D eigenvalue weighted by Crippen LogP contribution is -2.38. The van der Waals surface area contributed by atoms with E-state index in [4.69, 9.17) is 33.3 Å². The third-order valence-electron chi connectivity index (χ3n) is 3.50. The van der Waals surface area contributed by atoms with Crippen LogP contribution >= 0.6 is 35.0 Å². The highest BCUT2D eigenvalue weighted by Gasteiger charge is 2.19. The molecular formula is C16H23Cl2N3O2S. The summed E-state index contributed by atoms with van der Waals surface area (Å²) in [6.45, 7) is 2.11. The molecule has 0 saturated carbocycles. The Morgan fingerprint density at radius 2 is 1.96 bits per heavy atom. The normalized spacial score (nSPS) is 13.1. The lowest BCUT2D eigenvalue weighted by atomic mass is 10.3. The predicted molar refractivity (Wildman–Crippen MR) is 103 cm³/mol. The number of hydrogen-bond donors (Lipinski definition) is 1. The number of carbonyl (C=O) groups excluding carboxylic acids is 1.